The lowest BCUT2D eigenvalue weighted by Crippen LogP contribution is -2.31. The number of ether oxygens (including phenoxy) is 1. The summed E-state index contributed by atoms with van der Waals surface area (Å²) in [6.45, 7) is 1.34. The Balaban J connectivity index is 1.64. The summed E-state index contributed by atoms with van der Waals surface area (Å²) in [4.78, 5) is 16.5. The summed E-state index contributed by atoms with van der Waals surface area (Å²) in [6.07, 6.45) is 3.83. The fourth-order valence-electron chi connectivity index (χ4n) is 2.45. The molecule has 1 aliphatic rings. The number of carbonyl (C=O) groups is 1. The number of amides is 1. The van der Waals surface area contributed by atoms with Gasteiger partial charge in [-0.25, -0.2) is 4.98 Å². The Morgan fingerprint density at radius 1 is 1.35 bits per heavy atom. The van der Waals surface area contributed by atoms with Crippen molar-refractivity contribution in [2.75, 3.05) is 18.5 Å². The molecule has 6 heteroatoms. The third-order valence-electron chi connectivity index (χ3n) is 3.67. The first kappa shape index (κ1) is 16.0. The van der Waals surface area contributed by atoms with Gasteiger partial charge in [0.15, 0.2) is 0 Å². The van der Waals surface area contributed by atoms with E-state index in [1.165, 1.54) is 0 Å². The third kappa shape index (κ3) is 4.30. The smallest absolute Gasteiger partial charge is 0.251 e. The van der Waals surface area contributed by atoms with Crippen LogP contribution in [-0.4, -0.2) is 30.1 Å². The summed E-state index contributed by atoms with van der Waals surface area (Å²) in [5, 5.41) is 6.12. The van der Waals surface area contributed by atoms with Crippen LogP contribution in [0.25, 0.3) is 0 Å². The summed E-state index contributed by atoms with van der Waals surface area (Å²) < 4.78 is 6.45. The Hall–Kier alpha value is -1.92. The molecule has 2 heterocycles. The summed E-state index contributed by atoms with van der Waals surface area (Å²) in [7, 11) is 0. The molecule has 1 fully saturated rings. The van der Waals surface area contributed by atoms with Gasteiger partial charge in [-0.1, -0.05) is 12.1 Å². The molecule has 1 atom stereocenters. The van der Waals surface area contributed by atoms with Crippen molar-refractivity contribution < 1.29 is 9.53 Å². The van der Waals surface area contributed by atoms with Crippen molar-refractivity contribution in [3.8, 4) is 0 Å². The molecule has 1 aliphatic heterocycles. The summed E-state index contributed by atoms with van der Waals surface area (Å²) in [6, 6.07) is 11.2. The van der Waals surface area contributed by atoms with Crippen molar-refractivity contribution in [3.63, 3.8) is 0 Å². The van der Waals surface area contributed by atoms with E-state index in [1.54, 1.807) is 18.3 Å². The van der Waals surface area contributed by atoms with Gasteiger partial charge in [-0.15, -0.1) is 0 Å². The Kier molecular flexibility index (Phi) is 5.25. The molecule has 1 aromatic heterocycles. The number of hydrogen-bond acceptors (Lipinski definition) is 4. The zero-order chi connectivity index (χ0) is 16.1. The van der Waals surface area contributed by atoms with E-state index >= 15 is 0 Å². The lowest BCUT2D eigenvalue weighted by molar-refractivity contribution is 0.0857. The van der Waals surface area contributed by atoms with Gasteiger partial charge in [0.05, 0.1) is 11.8 Å². The van der Waals surface area contributed by atoms with Crippen molar-refractivity contribution in [2.45, 2.75) is 18.9 Å². The van der Waals surface area contributed by atoms with Gasteiger partial charge in [0.25, 0.3) is 5.91 Å². The second-order valence-corrected chi connectivity index (χ2v) is 6.23. The van der Waals surface area contributed by atoms with E-state index in [2.05, 4.69) is 31.5 Å². The number of rotatable bonds is 5. The minimum Gasteiger partial charge on any atom is -0.376 e. The third-order valence-corrected chi connectivity index (χ3v) is 4.36. The van der Waals surface area contributed by atoms with Crippen LogP contribution >= 0.6 is 15.9 Å². The lowest BCUT2D eigenvalue weighted by Gasteiger charge is -2.12. The largest absolute Gasteiger partial charge is 0.376 e. The Morgan fingerprint density at radius 3 is 3.00 bits per heavy atom. The topological polar surface area (TPSA) is 63.2 Å². The predicted octanol–water partition coefficient (Wildman–Crippen LogP) is 3.50. The second kappa shape index (κ2) is 7.57. The molecule has 5 nitrogen and oxygen atoms in total. The van der Waals surface area contributed by atoms with Crippen molar-refractivity contribution in [1.29, 1.82) is 0 Å². The maximum atomic E-state index is 12.2. The van der Waals surface area contributed by atoms with Crippen LogP contribution in [-0.2, 0) is 4.74 Å². The lowest BCUT2D eigenvalue weighted by atomic mass is 10.2. The minimum atomic E-state index is -0.113. The van der Waals surface area contributed by atoms with Crippen molar-refractivity contribution >= 4 is 33.3 Å². The zero-order valence-electron chi connectivity index (χ0n) is 12.6. The highest BCUT2D eigenvalue weighted by molar-refractivity contribution is 9.10. The van der Waals surface area contributed by atoms with Gasteiger partial charge in [-0.3, -0.25) is 4.79 Å². The molecule has 0 radical (unpaired) electrons. The average Bonchev–Trinajstić information content (AvgIpc) is 3.08. The molecule has 1 aromatic carbocycles. The van der Waals surface area contributed by atoms with E-state index in [0.29, 0.717) is 17.9 Å². The Labute approximate surface area is 143 Å². The molecule has 0 bridgehead atoms. The number of para-hydroxylation sites is 1. The summed E-state index contributed by atoms with van der Waals surface area (Å²) in [5.41, 5.74) is 1.48. The molecule has 0 spiro atoms. The van der Waals surface area contributed by atoms with E-state index in [9.17, 15) is 4.79 Å². The zero-order valence-corrected chi connectivity index (χ0v) is 14.2. The van der Waals surface area contributed by atoms with Crippen LogP contribution in [0.3, 0.4) is 0 Å². The fraction of sp³-hybridized carbons (Fsp3) is 0.294. The Morgan fingerprint density at radius 2 is 2.22 bits per heavy atom. The Bertz CT molecular complexity index is 687. The van der Waals surface area contributed by atoms with E-state index in [1.807, 2.05) is 24.3 Å². The predicted molar refractivity (Wildman–Crippen MR) is 93.0 cm³/mol. The molecule has 1 saturated heterocycles. The number of nitrogens with zero attached hydrogens (tertiary/aromatic N) is 1. The fourth-order valence-corrected chi connectivity index (χ4v) is 2.84. The van der Waals surface area contributed by atoms with Crippen molar-refractivity contribution in [3.05, 3.63) is 52.6 Å². The number of nitrogens with one attached hydrogen (secondary N) is 2. The molecule has 0 saturated carbocycles. The number of aromatic nitrogens is 1. The van der Waals surface area contributed by atoms with Crippen LogP contribution in [0.15, 0.2) is 47.1 Å². The molecule has 1 amide bonds. The first-order valence-corrected chi connectivity index (χ1v) is 8.39. The highest BCUT2D eigenvalue weighted by atomic mass is 79.9. The number of pyridine rings is 1. The molecular formula is C17H18BrN3O2. The van der Waals surface area contributed by atoms with Crippen LogP contribution in [0.2, 0.25) is 0 Å². The first-order valence-electron chi connectivity index (χ1n) is 7.60. The second-order valence-electron chi connectivity index (χ2n) is 5.38. The standard InChI is InChI=1S/C17H18BrN3O2/c18-14-5-1-2-6-15(14)21-16-10-12(7-8-19-16)17(22)20-11-13-4-3-9-23-13/h1-2,5-8,10,13H,3-4,9,11H2,(H,19,21)(H,20,22). The average molecular weight is 376 g/mol. The molecule has 2 N–H and O–H groups in total. The van der Waals surface area contributed by atoms with Crippen molar-refractivity contribution in [2.24, 2.45) is 0 Å². The van der Waals surface area contributed by atoms with Crippen LogP contribution < -0.4 is 10.6 Å². The molecule has 23 heavy (non-hydrogen) atoms. The van der Waals surface area contributed by atoms with Crippen LogP contribution in [0.1, 0.15) is 23.2 Å². The van der Waals surface area contributed by atoms with E-state index in [4.69, 9.17) is 4.74 Å². The summed E-state index contributed by atoms with van der Waals surface area (Å²) >= 11 is 3.48. The van der Waals surface area contributed by atoms with Gasteiger partial charge in [0.2, 0.25) is 0 Å². The van der Waals surface area contributed by atoms with Gasteiger partial charge in [-0.05, 0) is 53.0 Å². The van der Waals surface area contributed by atoms with E-state index < -0.39 is 0 Å². The highest BCUT2D eigenvalue weighted by Gasteiger charge is 2.16. The minimum absolute atomic E-state index is 0.113. The first-order chi connectivity index (χ1) is 11.2. The van der Waals surface area contributed by atoms with Crippen LogP contribution in [0, 0.1) is 0 Å². The number of benzene rings is 1. The van der Waals surface area contributed by atoms with Gasteiger partial charge in [-0.2, -0.15) is 0 Å². The maximum absolute atomic E-state index is 12.2. The van der Waals surface area contributed by atoms with Gasteiger partial charge >= 0.3 is 0 Å². The monoisotopic (exact) mass is 375 g/mol. The molecule has 120 valence electrons. The van der Waals surface area contributed by atoms with E-state index in [0.717, 1.165) is 29.6 Å². The molecule has 0 aliphatic carbocycles. The number of carbonyl (C=O) groups excluding carboxylic acids is 1. The van der Waals surface area contributed by atoms with Crippen LogP contribution in [0.4, 0.5) is 11.5 Å². The maximum Gasteiger partial charge on any atom is 0.251 e. The molecule has 2 aromatic rings. The highest BCUT2D eigenvalue weighted by Crippen LogP contribution is 2.24. The van der Waals surface area contributed by atoms with Gasteiger partial charge < -0.3 is 15.4 Å². The van der Waals surface area contributed by atoms with Gasteiger partial charge in [0, 0.05) is 29.4 Å². The number of hydrogen-bond donors (Lipinski definition) is 2. The molecule has 3 rings (SSSR count). The molecule has 1 unspecified atom stereocenters. The summed E-state index contributed by atoms with van der Waals surface area (Å²) in [5.74, 6) is 0.514. The molecular weight excluding hydrogens is 358 g/mol. The quantitative estimate of drug-likeness (QED) is 0.839. The normalized spacial score (nSPS) is 17.0. The van der Waals surface area contributed by atoms with Gasteiger partial charge in [0.1, 0.15) is 5.82 Å². The van der Waals surface area contributed by atoms with Crippen LogP contribution in [0.5, 0.6) is 0 Å². The number of anilines is 2. The van der Waals surface area contributed by atoms with E-state index in [-0.39, 0.29) is 12.0 Å². The number of halogens is 1. The van der Waals surface area contributed by atoms with Crippen molar-refractivity contribution in [1.82, 2.24) is 10.3 Å². The SMILES string of the molecule is O=C(NCC1CCCO1)c1ccnc(Nc2ccccc2Br)c1.